The Morgan fingerprint density at radius 2 is 2.00 bits per heavy atom. The number of rotatable bonds is 4. The van der Waals surface area contributed by atoms with Gasteiger partial charge in [0.25, 0.3) is 5.89 Å². The highest BCUT2D eigenvalue weighted by Crippen LogP contribution is 2.18. The molecule has 0 unspecified atom stereocenters. The maximum atomic E-state index is 12.9. The van der Waals surface area contributed by atoms with Gasteiger partial charge >= 0.3 is 16.2 Å². The Morgan fingerprint density at radius 1 is 1.31 bits per heavy atom. The summed E-state index contributed by atoms with van der Waals surface area (Å²) in [5.41, 5.74) is 0.559. The van der Waals surface area contributed by atoms with E-state index in [0.29, 0.717) is 5.56 Å². The molecule has 2 aromatic rings. The molecule has 0 saturated heterocycles. The van der Waals surface area contributed by atoms with E-state index in [0.717, 1.165) is 10.5 Å². The lowest BCUT2D eigenvalue weighted by atomic mass is 10.2. The van der Waals surface area contributed by atoms with E-state index in [1.165, 1.54) is 38.2 Å². The summed E-state index contributed by atoms with van der Waals surface area (Å²) in [6, 6.07) is 5.49. The zero-order chi connectivity index (χ0) is 18.9. The van der Waals surface area contributed by atoms with E-state index in [4.69, 9.17) is 9.26 Å². The van der Waals surface area contributed by atoms with Crippen molar-refractivity contribution in [1.29, 1.82) is 0 Å². The number of carbonyl (C=O) groups excluding carboxylic acids is 1. The normalized spacial score (nSPS) is 16.0. The number of nitrogens with zero attached hydrogens (tertiary/aromatic N) is 4. The zero-order valence-corrected chi connectivity index (χ0v) is 14.5. The van der Waals surface area contributed by atoms with E-state index in [-0.39, 0.29) is 29.6 Å². The van der Waals surface area contributed by atoms with Gasteiger partial charge in [-0.2, -0.15) is 13.4 Å². The molecule has 1 aliphatic rings. The van der Waals surface area contributed by atoms with E-state index in [2.05, 4.69) is 14.5 Å². The van der Waals surface area contributed by atoms with Crippen LogP contribution in [0.2, 0.25) is 0 Å². The number of esters is 1. The number of hydrogen-bond acceptors (Lipinski definition) is 7. The van der Waals surface area contributed by atoms with Crippen molar-refractivity contribution in [3.63, 3.8) is 0 Å². The van der Waals surface area contributed by atoms with Crippen LogP contribution in [0.1, 0.15) is 12.8 Å². The zero-order valence-electron chi connectivity index (χ0n) is 13.7. The third-order valence-electron chi connectivity index (χ3n) is 3.43. The van der Waals surface area contributed by atoms with Gasteiger partial charge in [0.05, 0.1) is 11.3 Å². The molecule has 0 atom stereocenters. The number of halogens is 1. The monoisotopic (exact) mass is 380 g/mol. The lowest BCUT2D eigenvalue weighted by Crippen LogP contribution is -2.29. The lowest BCUT2D eigenvalue weighted by Gasteiger charge is -2.18. The van der Waals surface area contributed by atoms with Gasteiger partial charge in [0.1, 0.15) is 5.82 Å². The Bertz CT molecular complexity index is 1010. The highest BCUT2D eigenvalue weighted by molar-refractivity contribution is 7.88. The van der Waals surface area contributed by atoms with E-state index < -0.39 is 22.0 Å². The van der Waals surface area contributed by atoms with Crippen LogP contribution in [-0.4, -0.2) is 41.6 Å². The quantitative estimate of drug-likeness (QED) is 0.737. The molecule has 0 amide bonds. The minimum absolute atomic E-state index is 0.000554. The molecule has 2 heterocycles. The maximum absolute atomic E-state index is 12.9. The fourth-order valence-corrected chi connectivity index (χ4v) is 2.88. The molecule has 136 valence electrons. The van der Waals surface area contributed by atoms with Crippen LogP contribution in [0.15, 0.2) is 45.0 Å². The SMILES string of the molecule is CC1=NS(=O)(=O)N(C)C=C1C(=O)OCc1nc(-c2ccc(F)cc2)no1. The predicted octanol–water partition coefficient (Wildman–Crippen LogP) is 1.45. The first kappa shape index (κ1) is 17.7. The summed E-state index contributed by atoms with van der Waals surface area (Å²) in [5.74, 6) is -0.924. The van der Waals surface area contributed by atoms with Crippen molar-refractivity contribution in [3.05, 3.63) is 47.7 Å². The van der Waals surface area contributed by atoms with Crippen molar-refractivity contribution < 1.29 is 26.9 Å². The van der Waals surface area contributed by atoms with Crippen LogP contribution in [0, 0.1) is 5.82 Å². The summed E-state index contributed by atoms with van der Waals surface area (Å²) in [7, 11) is -2.55. The summed E-state index contributed by atoms with van der Waals surface area (Å²) in [4.78, 5) is 16.2. The minimum Gasteiger partial charge on any atom is -0.452 e. The molecule has 0 radical (unpaired) electrons. The first-order chi connectivity index (χ1) is 12.3. The van der Waals surface area contributed by atoms with Crippen molar-refractivity contribution >= 4 is 21.9 Å². The molecule has 1 aromatic heterocycles. The molecule has 0 bridgehead atoms. The van der Waals surface area contributed by atoms with Crippen LogP contribution < -0.4 is 0 Å². The first-order valence-electron chi connectivity index (χ1n) is 7.28. The van der Waals surface area contributed by atoms with Crippen LogP contribution in [0.25, 0.3) is 11.4 Å². The van der Waals surface area contributed by atoms with E-state index in [1.54, 1.807) is 0 Å². The fourth-order valence-electron chi connectivity index (χ4n) is 2.06. The molecular formula is C15H13FN4O5S. The van der Waals surface area contributed by atoms with E-state index in [9.17, 15) is 17.6 Å². The highest BCUT2D eigenvalue weighted by Gasteiger charge is 2.26. The van der Waals surface area contributed by atoms with Gasteiger partial charge in [-0.1, -0.05) is 5.16 Å². The van der Waals surface area contributed by atoms with Crippen LogP contribution in [-0.2, 0) is 26.3 Å². The molecule has 9 nitrogen and oxygen atoms in total. The summed E-state index contributed by atoms with van der Waals surface area (Å²) >= 11 is 0. The lowest BCUT2D eigenvalue weighted by molar-refractivity contribution is -0.140. The van der Waals surface area contributed by atoms with E-state index in [1.807, 2.05) is 0 Å². The second-order valence-corrected chi connectivity index (χ2v) is 6.96. The summed E-state index contributed by atoms with van der Waals surface area (Å²) in [5, 5.41) is 3.73. The number of ether oxygens (including phenoxy) is 1. The molecule has 0 saturated carbocycles. The Hall–Kier alpha value is -3.08. The van der Waals surface area contributed by atoms with Crippen molar-refractivity contribution in [2.45, 2.75) is 13.5 Å². The molecule has 11 heteroatoms. The predicted molar refractivity (Wildman–Crippen MR) is 87.4 cm³/mol. The Balaban J connectivity index is 1.67. The van der Waals surface area contributed by atoms with Crippen molar-refractivity contribution in [2.24, 2.45) is 4.40 Å². The standard InChI is InChI=1S/C15H13FN4O5S/c1-9-12(7-20(2)26(22,23)19-9)15(21)24-8-13-17-14(18-25-13)10-3-5-11(16)6-4-10/h3-7H,8H2,1-2H3. The van der Waals surface area contributed by atoms with Gasteiger partial charge in [0, 0.05) is 18.8 Å². The van der Waals surface area contributed by atoms with Crippen LogP contribution in [0.5, 0.6) is 0 Å². The third kappa shape index (κ3) is 3.61. The Morgan fingerprint density at radius 3 is 2.69 bits per heavy atom. The second kappa shape index (κ2) is 6.67. The average molecular weight is 380 g/mol. The van der Waals surface area contributed by atoms with Gasteiger partial charge in [-0.25, -0.2) is 9.18 Å². The van der Waals surface area contributed by atoms with Crippen molar-refractivity contribution in [3.8, 4) is 11.4 Å². The number of carbonyl (C=O) groups is 1. The number of aromatic nitrogens is 2. The van der Waals surface area contributed by atoms with Gasteiger partial charge in [0.15, 0.2) is 6.61 Å². The van der Waals surface area contributed by atoms with Crippen LogP contribution in [0.4, 0.5) is 4.39 Å². The second-order valence-electron chi connectivity index (χ2n) is 5.31. The molecule has 0 N–H and O–H groups in total. The third-order valence-corrected chi connectivity index (χ3v) is 4.77. The van der Waals surface area contributed by atoms with Crippen molar-refractivity contribution in [1.82, 2.24) is 14.4 Å². The average Bonchev–Trinajstić information content (AvgIpc) is 3.05. The molecule has 0 spiro atoms. The summed E-state index contributed by atoms with van der Waals surface area (Å²) in [6.07, 6.45) is 1.12. The highest BCUT2D eigenvalue weighted by atomic mass is 32.2. The van der Waals surface area contributed by atoms with Gasteiger partial charge in [-0.15, -0.1) is 4.40 Å². The van der Waals surface area contributed by atoms with E-state index >= 15 is 0 Å². The molecular weight excluding hydrogens is 367 g/mol. The fraction of sp³-hybridized carbons (Fsp3) is 0.200. The topological polar surface area (TPSA) is 115 Å². The van der Waals surface area contributed by atoms with Gasteiger partial charge in [-0.05, 0) is 31.2 Å². The Labute approximate surface area is 148 Å². The smallest absolute Gasteiger partial charge is 0.344 e. The van der Waals surface area contributed by atoms with Gasteiger partial charge < -0.3 is 9.26 Å². The van der Waals surface area contributed by atoms with Crippen LogP contribution >= 0.6 is 0 Å². The molecule has 1 aliphatic heterocycles. The molecule has 3 rings (SSSR count). The molecule has 1 aromatic carbocycles. The maximum Gasteiger partial charge on any atom is 0.344 e. The molecule has 0 fully saturated rings. The first-order valence-corrected chi connectivity index (χ1v) is 8.68. The van der Waals surface area contributed by atoms with Gasteiger partial charge in [-0.3, -0.25) is 4.31 Å². The number of benzene rings is 1. The summed E-state index contributed by atoms with van der Waals surface area (Å²) < 4.78 is 50.4. The van der Waals surface area contributed by atoms with Gasteiger partial charge in [0.2, 0.25) is 5.82 Å². The minimum atomic E-state index is -3.81. The molecule has 0 aliphatic carbocycles. The largest absolute Gasteiger partial charge is 0.452 e. The molecule has 26 heavy (non-hydrogen) atoms. The summed E-state index contributed by atoms with van der Waals surface area (Å²) in [6.45, 7) is 1.07. The van der Waals surface area contributed by atoms with Crippen molar-refractivity contribution in [2.75, 3.05) is 7.05 Å². The Kier molecular flexibility index (Phi) is 4.55. The number of hydrogen-bond donors (Lipinski definition) is 0. The van der Waals surface area contributed by atoms with Crippen LogP contribution in [0.3, 0.4) is 0 Å².